The molecule has 0 unspecified atom stereocenters. The fourth-order valence-electron chi connectivity index (χ4n) is 4.81. The van der Waals surface area contributed by atoms with Gasteiger partial charge in [-0.25, -0.2) is 9.97 Å². The number of nitrogens with zero attached hydrogens (tertiary/aromatic N) is 3. The van der Waals surface area contributed by atoms with Crippen LogP contribution in [0.4, 0.5) is 5.69 Å². The van der Waals surface area contributed by atoms with E-state index in [0.29, 0.717) is 28.6 Å². The molecule has 1 N–H and O–H groups in total. The summed E-state index contributed by atoms with van der Waals surface area (Å²) >= 11 is 0. The Kier molecular flexibility index (Phi) is 7.02. The highest BCUT2D eigenvalue weighted by Crippen LogP contribution is 2.30. The van der Waals surface area contributed by atoms with E-state index < -0.39 is 0 Å². The molecule has 0 spiro atoms. The van der Waals surface area contributed by atoms with Crippen LogP contribution < -0.4 is 10.1 Å². The number of carbonyl (C=O) groups excluding carboxylic acids is 2. The number of ether oxygens (including phenoxy) is 1. The highest BCUT2D eigenvalue weighted by atomic mass is 16.5. The van der Waals surface area contributed by atoms with Gasteiger partial charge in [-0.3, -0.25) is 9.59 Å². The number of nitrogens with one attached hydrogen (secondary N) is 1. The predicted molar refractivity (Wildman–Crippen MR) is 123 cm³/mol. The molecule has 2 fully saturated rings. The van der Waals surface area contributed by atoms with Gasteiger partial charge in [-0.15, -0.1) is 0 Å². The summed E-state index contributed by atoms with van der Waals surface area (Å²) in [4.78, 5) is 36.8. The Morgan fingerprint density at radius 1 is 1.06 bits per heavy atom. The number of amides is 2. The first kappa shape index (κ1) is 22.2. The molecule has 2 amide bonds. The van der Waals surface area contributed by atoms with Crippen molar-refractivity contribution in [3.8, 4) is 5.75 Å². The molecule has 4 rings (SSSR count). The van der Waals surface area contributed by atoms with Gasteiger partial charge in [0.2, 0.25) is 5.91 Å². The Morgan fingerprint density at radius 2 is 1.78 bits per heavy atom. The first-order chi connectivity index (χ1) is 15.6. The second kappa shape index (κ2) is 10.1. The van der Waals surface area contributed by atoms with Crippen molar-refractivity contribution in [2.75, 3.05) is 25.5 Å². The maximum Gasteiger partial charge on any atom is 0.259 e. The molecule has 170 valence electrons. The van der Waals surface area contributed by atoms with Gasteiger partial charge in [0.15, 0.2) is 0 Å². The molecule has 32 heavy (non-hydrogen) atoms. The first-order valence-electron chi connectivity index (χ1n) is 11.6. The van der Waals surface area contributed by atoms with Crippen molar-refractivity contribution in [2.24, 2.45) is 5.92 Å². The monoisotopic (exact) mass is 436 g/mol. The van der Waals surface area contributed by atoms with E-state index in [9.17, 15) is 9.59 Å². The summed E-state index contributed by atoms with van der Waals surface area (Å²) in [6.45, 7) is 3.36. The molecule has 1 saturated carbocycles. The number of rotatable bonds is 5. The minimum Gasteiger partial charge on any atom is -0.495 e. The molecule has 2 aromatic rings. The standard InChI is InChI=1S/C25H32N4O3/c1-17-20(24(30)28-21-10-6-7-11-22(21)32-2)16-26-23(27-17)18-12-14-29(15-13-18)25(31)19-8-4-3-5-9-19/h6-7,10-11,16,18-19H,3-5,8-9,12-15H2,1-2H3,(H,28,30). The zero-order chi connectivity index (χ0) is 22.5. The Balaban J connectivity index is 1.37. The predicted octanol–water partition coefficient (Wildman–Crippen LogP) is 4.33. The molecule has 2 heterocycles. The van der Waals surface area contributed by atoms with Gasteiger partial charge in [0, 0.05) is 31.1 Å². The fraction of sp³-hybridized carbons (Fsp3) is 0.520. The molecule has 0 atom stereocenters. The normalized spacial score (nSPS) is 17.8. The largest absolute Gasteiger partial charge is 0.495 e. The van der Waals surface area contributed by atoms with Gasteiger partial charge in [0.05, 0.1) is 24.1 Å². The Labute approximate surface area is 189 Å². The lowest BCUT2D eigenvalue weighted by Gasteiger charge is -2.34. The van der Waals surface area contributed by atoms with Gasteiger partial charge in [-0.05, 0) is 44.7 Å². The first-order valence-corrected chi connectivity index (χ1v) is 11.6. The maximum absolute atomic E-state index is 12.8. The molecule has 2 aliphatic rings. The van der Waals surface area contributed by atoms with E-state index >= 15 is 0 Å². The van der Waals surface area contributed by atoms with Crippen LogP contribution in [-0.2, 0) is 4.79 Å². The highest BCUT2D eigenvalue weighted by molar-refractivity contribution is 6.05. The van der Waals surface area contributed by atoms with Crippen molar-refractivity contribution in [1.82, 2.24) is 14.9 Å². The number of aryl methyl sites for hydroxylation is 1. The zero-order valence-corrected chi connectivity index (χ0v) is 19.0. The summed E-state index contributed by atoms with van der Waals surface area (Å²) < 4.78 is 5.30. The average Bonchev–Trinajstić information content (AvgIpc) is 2.84. The molecule has 1 aliphatic carbocycles. The summed E-state index contributed by atoms with van der Waals surface area (Å²) in [5.74, 6) is 1.89. The molecular weight excluding hydrogens is 404 g/mol. The van der Waals surface area contributed by atoms with E-state index in [1.165, 1.54) is 19.3 Å². The minimum atomic E-state index is -0.258. The summed E-state index contributed by atoms with van der Waals surface area (Å²) in [6, 6.07) is 7.29. The lowest BCUT2D eigenvalue weighted by Crippen LogP contribution is -2.42. The van der Waals surface area contributed by atoms with E-state index in [2.05, 4.69) is 15.3 Å². The fourth-order valence-corrected chi connectivity index (χ4v) is 4.81. The van der Waals surface area contributed by atoms with E-state index in [1.807, 2.05) is 24.0 Å². The number of methoxy groups -OCH3 is 1. The van der Waals surface area contributed by atoms with Gasteiger partial charge in [0.1, 0.15) is 11.6 Å². The molecule has 0 bridgehead atoms. The second-order valence-corrected chi connectivity index (χ2v) is 8.82. The minimum absolute atomic E-state index is 0.218. The van der Waals surface area contributed by atoms with Crippen LogP contribution in [0, 0.1) is 12.8 Å². The third kappa shape index (κ3) is 4.92. The summed E-state index contributed by atoms with van der Waals surface area (Å²) in [7, 11) is 1.57. The number of hydrogen-bond acceptors (Lipinski definition) is 5. The molecule has 1 aliphatic heterocycles. The topological polar surface area (TPSA) is 84.4 Å². The molecule has 1 aromatic carbocycles. The van der Waals surface area contributed by atoms with Gasteiger partial charge in [-0.2, -0.15) is 0 Å². The van der Waals surface area contributed by atoms with Crippen LogP contribution in [0.2, 0.25) is 0 Å². The quantitative estimate of drug-likeness (QED) is 0.754. The SMILES string of the molecule is COc1ccccc1NC(=O)c1cnc(C2CCN(C(=O)C3CCCCC3)CC2)nc1C. The van der Waals surface area contributed by atoms with Crippen molar-refractivity contribution < 1.29 is 14.3 Å². The highest BCUT2D eigenvalue weighted by Gasteiger charge is 2.30. The number of aromatic nitrogens is 2. The van der Waals surface area contributed by atoms with Crippen molar-refractivity contribution in [1.29, 1.82) is 0 Å². The molecule has 7 heteroatoms. The van der Waals surface area contributed by atoms with Crippen LogP contribution in [0.3, 0.4) is 0 Å². The molecule has 1 saturated heterocycles. The van der Waals surface area contributed by atoms with E-state index in [0.717, 1.165) is 44.6 Å². The van der Waals surface area contributed by atoms with Crippen molar-refractivity contribution >= 4 is 17.5 Å². The summed E-state index contributed by atoms with van der Waals surface area (Å²) in [5, 5.41) is 2.88. The molecular formula is C25H32N4O3. The van der Waals surface area contributed by atoms with Crippen molar-refractivity contribution in [2.45, 2.75) is 57.8 Å². The third-order valence-corrected chi connectivity index (χ3v) is 6.72. The van der Waals surface area contributed by atoms with Crippen molar-refractivity contribution in [3.63, 3.8) is 0 Å². The smallest absolute Gasteiger partial charge is 0.259 e. The number of carbonyl (C=O) groups is 2. The van der Waals surface area contributed by atoms with Gasteiger partial charge in [-0.1, -0.05) is 31.4 Å². The van der Waals surface area contributed by atoms with Crippen LogP contribution in [0.15, 0.2) is 30.5 Å². The van der Waals surface area contributed by atoms with Crippen LogP contribution in [0.25, 0.3) is 0 Å². The van der Waals surface area contributed by atoms with Crippen LogP contribution >= 0.6 is 0 Å². The van der Waals surface area contributed by atoms with E-state index in [-0.39, 0.29) is 17.7 Å². The summed E-state index contributed by atoms with van der Waals surface area (Å²) in [5.41, 5.74) is 1.71. The van der Waals surface area contributed by atoms with Crippen LogP contribution in [0.1, 0.15) is 72.7 Å². The van der Waals surface area contributed by atoms with Crippen LogP contribution in [-0.4, -0.2) is 46.9 Å². The van der Waals surface area contributed by atoms with Crippen LogP contribution in [0.5, 0.6) is 5.75 Å². The van der Waals surface area contributed by atoms with E-state index in [1.54, 1.807) is 25.4 Å². The Bertz CT molecular complexity index is 963. The van der Waals surface area contributed by atoms with Gasteiger partial charge in [0.25, 0.3) is 5.91 Å². The maximum atomic E-state index is 12.8. The number of likely N-dealkylation sites (tertiary alicyclic amines) is 1. The zero-order valence-electron chi connectivity index (χ0n) is 19.0. The van der Waals surface area contributed by atoms with Crippen molar-refractivity contribution in [3.05, 3.63) is 47.5 Å². The molecule has 1 aromatic heterocycles. The average molecular weight is 437 g/mol. The lowest BCUT2D eigenvalue weighted by atomic mass is 9.87. The lowest BCUT2D eigenvalue weighted by molar-refractivity contribution is -0.137. The number of hydrogen-bond donors (Lipinski definition) is 1. The second-order valence-electron chi connectivity index (χ2n) is 8.82. The number of anilines is 1. The number of para-hydroxylation sites is 2. The van der Waals surface area contributed by atoms with E-state index in [4.69, 9.17) is 4.74 Å². The summed E-state index contributed by atoms with van der Waals surface area (Å²) in [6.07, 6.45) is 9.04. The Morgan fingerprint density at radius 3 is 2.47 bits per heavy atom. The third-order valence-electron chi connectivity index (χ3n) is 6.72. The molecule has 7 nitrogen and oxygen atoms in total. The number of benzene rings is 1. The number of piperidine rings is 1. The Hall–Kier alpha value is -2.96. The van der Waals surface area contributed by atoms with Gasteiger partial charge < -0.3 is 15.0 Å². The molecule has 0 radical (unpaired) electrons. The van der Waals surface area contributed by atoms with Gasteiger partial charge >= 0.3 is 0 Å².